The molecule has 0 saturated carbocycles. The molecule has 0 unspecified atom stereocenters. The lowest BCUT2D eigenvalue weighted by Crippen LogP contribution is -2.45. The third kappa shape index (κ3) is 4.60. The molecule has 2 N–H and O–H groups in total. The predicted octanol–water partition coefficient (Wildman–Crippen LogP) is 3.62. The normalized spacial score (nSPS) is 16.3. The molecule has 1 aliphatic heterocycles. The maximum absolute atomic E-state index is 12.7. The van der Waals surface area contributed by atoms with Crippen molar-refractivity contribution in [3.05, 3.63) is 61.0 Å². The summed E-state index contributed by atoms with van der Waals surface area (Å²) < 4.78 is 5.20. The van der Waals surface area contributed by atoms with Gasteiger partial charge in [0.05, 0.1) is 5.92 Å². The lowest BCUT2D eigenvalue weighted by molar-refractivity contribution is -0.121. The van der Waals surface area contributed by atoms with Crippen LogP contribution < -0.4 is 10.6 Å². The second kappa shape index (κ2) is 8.55. The minimum absolute atomic E-state index is 0.0629. The number of rotatable bonds is 4. The van der Waals surface area contributed by atoms with E-state index in [4.69, 9.17) is 4.42 Å². The fraction of sp³-hybridized carbons (Fsp3) is 0.238. The number of carbonyl (C=O) groups is 2. The smallest absolute Gasteiger partial charge is 0.321 e. The molecule has 1 atom stereocenters. The minimum Gasteiger partial charge on any atom is -0.423 e. The highest BCUT2D eigenvalue weighted by Crippen LogP contribution is 2.22. The first-order valence-electron chi connectivity index (χ1n) is 9.47. The number of aromatic nitrogens is 2. The van der Waals surface area contributed by atoms with Crippen LogP contribution in [0, 0.1) is 5.92 Å². The number of benzene rings is 2. The zero-order chi connectivity index (χ0) is 20.1. The molecule has 8 nitrogen and oxygen atoms in total. The average Bonchev–Trinajstić information content (AvgIpc) is 3.30. The topological polar surface area (TPSA) is 100 Å². The van der Waals surface area contributed by atoms with E-state index in [2.05, 4.69) is 20.8 Å². The summed E-state index contributed by atoms with van der Waals surface area (Å²) >= 11 is 0. The maximum Gasteiger partial charge on any atom is 0.321 e. The molecule has 3 aromatic rings. The van der Waals surface area contributed by atoms with Crippen LogP contribution in [-0.4, -0.2) is 40.1 Å². The number of hydrogen-bond acceptors (Lipinski definition) is 5. The standard InChI is InChI=1S/C21H21N5O3/c27-19(23-17-8-2-1-3-9-17)16-7-5-11-26(13-16)21(28)24-18-10-4-6-15(12-18)20-25-22-14-29-20/h1-4,6,8-10,12,14,16H,5,7,11,13H2,(H,23,27)(H,24,28)/t16-/m1/s1. The van der Waals surface area contributed by atoms with E-state index in [0.29, 0.717) is 24.7 Å². The summed E-state index contributed by atoms with van der Waals surface area (Å²) in [5, 5.41) is 13.4. The van der Waals surface area contributed by atoms with Crippen LogP contribution in [0.15, 0.2) is 65.4 Å². The third-order valence-corrected chi connectivity index (χ3v) is 4.84. The third-order valence-electron chi connectivity index (χ3n) is 4.84. The molecular formula is C21H21N5O3. The van der Waals surface area contributed by atoms with Gasteiger partial charge in [-0.15, -0.1) is 10.2 Å². The van der Waals surface area contributed by atoms with Crippen LogP contribution in [0.25, 0.3) is 11.5 Å². The Kier molecular flexibility index (Phi) is 5.51. The number of likely N-dealkylation sites (tertiary alicyclic amines) is 1. The van der Waals surface area contributed by atoms with Crippen LogP contribution in [0.2, 0.25) is 0 Å². The Labute approximate surface area is 167 Å². The number of carbonyl (C=O) groups excluding carboxylic acids is 2. The van der Waals surface area contributed by atoms with Crippen molar-refractivity contribution >= 4 is 23.3 Å². The zero-order valence-corrected chi connectivity index (χ0v) is 15.7. The van der Waals surface area contributed by atoms with Gasteiger partial charge in [0, 0.05) is 30.0 Å². The van der Waals surface area contributed by atoms with E-state index in [9.17, 15) is 9.59 Å². The number of amides is 3. The molecule has 1 aliphatic rings. The molecule has 4 rings (SSSR count). The summed E-state index contributed by atoms with van der Waals surface area (Å²) in [6.07, 6.45) is 2.80. The lowest BCUT2D eigenvalue weighted by Gasteiger charge is -2.32. The first-order valence-corrected chi connectivity index (χ1v) is 9.47. The highest BCUT2D eigenvalue weighted by atomic mass is 16.4. The summed E-state index contributed by atoms with van der Waals surface area (Å²) in [4.78, 5) is 27.0. The number of nitrogens with zero attached hydrogens (tertiary/aromatic N) is 3. The van der Waals surface area contributed by atoms with Gasteiger partial charge in [-0.3, -0.25) is 4.79 Å². The largest absolute Gasteiger partial charge is 0.423 e. The molecular weight excluding hydrogens is 370 g/mol. The van der Waals surface area contributed by atoms with Gasteiger partial charge in [0.1, 0.15) is 0 Å². The number of urea groups is 1. The molecule has 1 saturated heterocycles. The van der Waals surface area contributed by atoms with Crippen LogP contribution in [0.4, 0.5) is 16.2 Å². The summed E-state index contributed by atoms with van der Waals surface area (Å²) in [6.45, 7) is 0.998. The van der Waals surface area contributed by atoms with Crippen molar-refractivity contribution in [3.8, 4) is 11.5 Å². The molecule has 29 heavy (non-hydrogen) atoms. The van der Waals surface area contributed by atoms with Crippen LogP contribution in [-0.2, 0) is 4.79 Å². The van der Waals surface area contributed by atoms with Crippen molar-refractivity contribution in [2.24, 2.45) is 5.92 Å². The Bertz CT molecular complexity index is 975. The second-order valence-corrected chi connectivity index (χ2v) is 6.90. The Morgan fingerprint density at radius 1 is 1.03 bits per heavy atom. The summed E-state index contributed by atoms with van der Waals surface area (Å²) in [7, 11) is 0. The highest BCUT2D eigenvalue weighted by molar-refractivity contribution is 5.94. The Hall–Kier alpha value is -3.68. The van der Waals surface area contributed by atoms with E-state index in [-0.39, 0.29) is 17.9 Å². The Balaban J connectivity index is 1.37. The molecule has 8 heteroatoms. The van der Waals surface area contributed by atoms with Gasteiger partial charge in [-0.1, -0.05) is 24.3 Å². The molecule has 1 aromatic heterocycles. The Morgan fingerprint density at radius 2 is 1.86 bits per heavy atom. The number of piperidine rings is 1. The van der Waals surface area contributed by atoms with Crippen molar-refractivity contribution in [1.82, 2.24) is 15.1 Å². The van der Waals surface area contributed by atoms with Crippen molar-refractivity contribution in [2.75, 3.05) is 23.7 Å². The van der Waals surface area contributed by atoms with Gasteiger partial charge in [0.2, 0.25) is 18.2 Å². The molecule has 0 aliphatic carbocycles. The monoisotopic (exact) mass is 391 g/mol. The van der Waals surface area contributed by atoms with E-state index < -0.39 is 0 Å². The van der Waals surface area contributed by atoms with Crippen LogP contribution >= 0.6 is 0 Å². The van der Waals surface area contributed by atoms with Crippen molar-refractivity contribution in [3.63, 3.8) is 0 Å². The highest BCUT2D eigenvalue weighted by Gasteiger charge is 2.28. The molecule has 3 amide bonds. The first-order chi connectivity index (χ1) is 14.2. The van der Waals surface area contributed by atoms with Crippen molar-refractivity contribution < 1.29 is 14.0 Å². The molecule has 1 fully saturated rings. The molecule has 2 heterocycles. The molecule has 148 valence electrons. The van der Waals surface area contributed by atoms with Gasteiger partial charge in [0.25, 0.3) is 0 Å². The van der Waals surface area contributed by atoms with Crippen molar-refractivity contribution in [2.45, 2.75) is 12.8 Å². The number of hydrogen-bond donors (Lipinski definition) is 2. The number of anilines is 2. The zero-order valence-electron chi connectivity index (χ0n) is 15.7. The molecule has 0 spiro atoms. The number of nitrogens with one attached hydrogen (secondary N) is 2. The van der Waals surface area contributed by atoms with E-state index in [0.717, 1.165) is 24.1 Å². The van der Waals surface area contributed by atoms with Crippen molar-refractivity contribution in [1.29, 1.82) is 0 Å². The van der Waals surface area contributed by atoms with E-state index >= 15 is 0 Å². The minimum atomic E-state index is -0.237. The van der Waals surface area contributed by atoms with Crippen LogP contribution in [0.5, 0.6) is 0 Å². The van der Waals surface area contributed by atoms with E-state index in [1.54, 1.807) is 17.0 Å². The fourth-order valence-electron chi connectivity index (χ4n) is 3.37. The second-order valence-electron chi connectivity index (χ2n) is 6.90. The van der Waals surface area contributed by atoms with E-state index in [1.165, 1.54) is 6.39 Å². The maximum atomic E-state index is 12.7. The quantitative estimate of drug-likeness (QED) is 0.707. The van der Waals surface area contributed by atoms with E-state index in [1.807, 2.05) is 42.5 Å². The van der Waals surface area contributed by atoms with Gasteiger partial charge < -0.3 is 20.0 Å². The van der Waals surface area contributed by atoms with Gasteiger partial charge in [0.15, 0.2) is 0 Å². The predicted molar refractivity (Wildman–Crippen MR) is 108 cm³/mol. The van der Waals surface area contributed by atoms with Gasteiger partial charge in [-0.25, -0.2) is 4.79 Å². The van der Waals surface area contributed by atoms with Gasteiger partial charge >= 0.3 is 6.03 Å². The lowest BCUT2D eigenvalue weighted by atomic mass is 9.97. The molecule has 0 bridgehead atoms. The fourth-order valence-corrected chi connectivity index (χ4v) is 3.37. The molecule has 2 aromatic carbocycles. The average molecular weight is 391 g/mol. The SMILES string of the molecule is O=C(Nc1ccccc1)[C@@H]1CCCN(C(=O)Nc2cccc(-c3nnco3)c2)C1. The summed E-state index contributed by atoms with van der Waals surface area (Å²) in [5.74, 6) is 0.0863. The number of para-hydroxylation sites is 1. The molecule has 0 radical (unpaired) electrons. The van der Waals surface area contributed by atoms with Crippen LogP contribution in [0.1, 0.15) is 12.8 Å². The first kappa shape index (κ1) is 18.7. The summed E-state index contributed by atoms with van der Waals surface area (Å²) in [5.41, 5.74) is 2.11. The van der Waals surface area contributed by atoms with Crippen LogP contribution in [0.3, 0.4) is 0 Å². The Morgan fingerprint density at radius 3 is 2.66 bits per heavy atom. The summed E-state index contributed by atoms with van der Waals surface area (Å²) in [6, 6.07) is 16.3. The van der Waals surface area contributed by atoms with Gasteiger partial charge in [-0.2, -0.15) is 0 Å². The van der Waals surface area contributed by atoms with Gasteiger partial charge in [-0.05, 0) is 43.2 Å².